The molecule has 7 nitrogen and oxygen atoms in total. The summed E-state index contributed by atoms with van der Waals surface area (Å²) in [5, 5.41) is 25.2. The Morgan fingerprint density at radius 1 is 1.00 bits per heavy atom. The maximum Gasteiger partial charge on any atom is 0.348 e. The molecule has 0 spiro atoms. The molecule has 3 radical (unpaired) electrons. The van der Waals surface area contributed by atoms with Gasteiger partial charge in [0.15, 0.2) is 0 Å². The van der Waals surface area contributed by atoms with Gasteiger partial charge in [0.1, 0.15) is 0 Å². The van der Waals surface area contributed by atoms with E-state index in [1.807, 2.05) is 0 Å². The van der Waals surface area contributed by atoms with Crippen LogP contribution >= 0.6 is 0 Å². The normalized spacial score (nSPS) is 8.81. The quantitative estimate of drug-likeness (QED) is 0.382. The van der Waals surface area contributed by atoms with E-state index in [-0.39, 0.29) is 88.7 Å². The van der Waals surface area contributed by atoms with Crippen molar-refractivity contribution in [3.63, 3.8) is 0 Å². The smallest absolute Gasteiger partial charge is 0.348 e. The SMILES string of the molecule is COC(CC(=O)O)(C(=O)O)C(=O)O.[Na].[Na].[Na]. The van der Waals surface area contributed by atoms with Gasteiger partial charge in [-0.05, 0) is 0 Å². The standard InChI is InChI=1S/C6H8O7.3Na/c1-13-6(4(9)10,5(11)12)2-3(7)8;;;/h2H2,1H3,(H,7,8)(H,9,10)(H,11,12);;;. The van der Waals surface area contributed by atoms with Crippen LogP contribution in [0.15, 0.2) is 0 Å². The van der Waals surface area contributed by atoms with Gasteiger partial charge in [-0.2, -0.15) is 0 Å². The molecule has 0 aromatic carbocycles. The van der Waals surface area contributed by atoms with Crippen molar-refractivity contribution in [1.29, 1.82) is 0 Å². The summed E-state index contributed by atoms with van der Waals surface area (Å²) in [6.45, 7) is 0. The summed E-state index contributed by atoms with van der Waals surface area (Å²) < 4.78 is 4.19. The second-order valence-corrected chi connectivity index (χ2v) is 2.21. The fourth-order valence-corrected chi connectivity index (χ4v) is 0.702. The molecular formula is C6H8Na3O7. The first-order valence-electron chi connectivity index (χ1n) is 3.10. The zero-order valence-corrected chi connectivity index (χ0v) is 15.7. The maximum atomic E-state index is 10.5. The summed E-state index contributed by atoms with van der Waals surface area (Å²) in [6, 6.07) is 0. The molecule has 0 bridgehead atoms. The molecule has 0 unspecified atom stereocenters. The zero-order chi connectivity index (χ0) is 10.6. The number of hydrogen-bond acceptors (Lipinski definition) is 4. The second-order valence-electron chi connectivity index (χ2n) is 2.21. The van der Waals surface area contributed by atoms with Gasteiger partial charge < -0.3 is 20.1 Å². The molecule has 3 N–H and O–H groups in total. The third kappa shape index (κ3) is 6.95. The number of hydrogen-bond donors (Lipinski definition) is 3. The fraction of sp³-hybridized carbons (Fsp3) is 0.500. The van der Waals surface area contributed by atoms with E-state index in [0.717, 1.165) is 7.11 Å². The van der Waals surface area contributed by atoms with Crippen LogP contribution < -0.4 is 0 Å². The van der Waals surface area contributed by atoms with Crippen molar-refractivity contribution < 1.29 is 34.4 Å². The maximum absolute atomic E-state index is 10.5. The number of carbonyl (C=O) groups is 3. The molecule has 0 aliphatic rings. The van der Waals surface area contributed by atoms with Crippen LogP contribution in [-0.2, 0) is 19.1 Å². The number of aliphatic carboxylic acids is 3. The van der Waals surface area contributed by atoms with Crippen LogP contribution in [0.5, 0.6) is 0 Å². The molecule has 0 saturated carbocycles. The predicted molar refractivity (Wildman–Crippen MR) is 54.5 cm³/mol. The van der Waals surface area contributed by atoms with E-state index in [1.54, 1.807) is 0 Å². The van der Waals surface area contributed by atoms with Gasteiger partial charge in [0.2, 0.25) is 0 Å². The molecule has 0 aliphatic carbocycles. The van der Waals surface area contributed by atoms with Crippen LogP contribution in [0, 0.1) is 0 Å². The molecule has 0 atom stereocenters. The van der Waals surface area contributed by atoms with Crippen LogP contribution in [0.25, 0.3) is 0 Å². The van der Waals surface area contributed by atoms with Gasteiger partial charge in [-0.25, -0.2) is 9.59 Å². The third-order valence-electron chi connectivity index (χ3n) is 1.44. The number of carboxylic acid groups (broad SMARTS) is 3. The van der Waals surface area contributed by atoms with E-state index in [9.17, 15) is 14.4 Å². The molecule has 0 aliphatic heterocycles. The fourth-order valence-electron chi connectivity index (χ4n) is 0.702. The molecule has 10 heteroatoms. The van der Waals surface area contributed by atoms with Crippen molar-refractivity contribution in [2.45, 2.75) is 12.0 Å². The summed E-state index contributed by atoms with van der Waals surface area (Å²) in [4.78, 5) is 31.1. The summed E-state index contributed by atoms with van der Waals surface area (Å²) in [5.41, 5.74) is -2.70. The van der Waals surface area contributed by atoms with E-state index in [0.29, 0.717) is 0 Å². The molecule has 0 fully saturated rings. The number of ether oxygens (including phenoxy) is 1. The van der Waals surface area contributed by atoms with Crippen LogP contribution in [0.3, 0.4) is 0 Å². The Balaban J connectivity index is -0.000000240. The summed E-state index contributed by atoms with van der Waals surface area (Å²) in [5.74, 6) is -5.25. The molecule has 77 valence electrons. The van der Waals surface area contributed by atoms with Crippen molar-refractivity contribution in [3.05, 3.63) is 0 Å². The minimum absolute atomic E-state index is 0. The van der Waals surface area contributed by atoms with Crippen LogP contribution in [0.1, 0.15) is 6.42 Å². The van der Waals surface area contributed by atoms with E-state index >= 15 is 0 Å². The Labute approximate surface area is 158 Å². The minimum atomic E-state index is -2.70. The van der Waals surface area contributed by atoms with Crippen LogP contribution in [0.2, 0.25) is 0 Å². The minimum Gasteiger partial charge on any atom is -0.481 e. The molecule has 0 saturated heterocycles. The Bertz CT molecular complexity index is 241. The van der Waals surface area contributed by atoms with Gasteiger partial charge in [0.05, 0.1) is 6.42 Å². The van der Waals surface area contributed by atoms with E-state index in [4.69, 9.17) is 15.3 Å². The average Bonchev–Trinajstić information content (AvgIpc) is 1.98. The number of rotatable bonds is 5. The second kappa shape index (κ2) is 11.5. The Hall–Kier alpha value is 1.37. The van der Waals surface area contributed by atoms with Gasteiger partial charge in [-0.3, -0.25) is 4.79 Å². The summed E-state index contributed by atoms with van der Waals surface area (Å²) in [6.07, 6.45) is -1.13. The van der Waals surface area contributed by atoms with Gasteiger partial charge in [0.25, 0.3) is 5.60 Å². The van der Waals surface area contributed by atoms with E-state index in [2.05, 4.69) is 4.74 Å². The monoisotopic (exact) mass is 261 g/mol. The largest absolute Gasteiger partial charge is 0.481 e. The summed E-state index contributed by atoms with van der Waals surface area (Å²) in [7, 11) is 0.825. The third-order valence-corrected chi connectivity index (χ3v) is 1.44. The van der Waals surface area contributed by atoms with Gasteiger partial charge in [0, 0.05) is 95.8 Å². The molecule has 0 heterocycles. The first kappa shape index (κ1) is 26.0. The van der Waals surface area contributed by atoms with Crippen molar-refractivity contribution >= 4 is 107 Å². The number of methoxy groups -OCH3 is 1. The van der Waals surface area contributed by atoms with Gasteiger partial charge >= 0.3 is 17.9 Å². The molecule has 0 aromatic heterocycles. The van der Waals surface area contributed by atoms with Crippen molar-refractivity contribution in [2.75, 3.05) is 7.11 Å². The molecular weight excluding hydrogens is 253 g/mol. The zero-order valence-electron chi connectivity index (χ0n) is 9.68. The van der Waals surface area contributed by atoms with Crippen molar-refractivity contribution in [1.82, 2.24) is 0 Å². The Morgan fingerprint density at radius 2 is 1.31 bits per heavy atom. The van der Waals surface area contributed by atoms with Gasteiger partial charge in [-0.15, -0.1) is 0 Å². The molecule has 0 aromatic rings. The molecule has 0 amide bonds. The van der Waals surface area contributed by atoms with Crippen molar-refractivity contribution in [2.24, 2.45) is 0 Å². The van der Waals surface area contributed by atoms with Crippen LogP contribution in [-0.4, -0.2) is 135 Å². The first-order valence-corrected chi connectivity index (χ1v) is 3.10. The Morgan fingerprint density at radius 3 is 1.38 bits per heavy atom. The number of carboxylic acids is 3. The van der Waals surface area contributed by atoms with Crippen molar-refractivity contribution in [3.8, 4) is 0 Å². The van der Waals surface area contributed by atoms with Gasteiger partial charge in [-0.1, -0.05) is 0 Å². The van der Waals surface area contributed by atoms with E-state index in [1.165, 1.54) is 0 Å². The average molecular weight is 261 g/mol. The van der Waals surface area contributed by atoms with Crippen LogP contribution in [0.4, 0.5) is 0 Å². The predicted octanol–water partition coefficient (Wildman–Crippen LogP) is -2.13. The topological polar surface area (TPSA) is 121 Å². The molecule has 0 rings (SSSR count). The Kier molecular flexibility index (Phi) is 18.7. The first-order chi connectivity index (χ1) is 5.86. The molecule has 16 heavy (non-hydrogen) atoms. The van der Waals surface area contributed by atoms with E-state index < -0.39 is 29.9 Å². The summed E-state index contributed by atoms with van der Waals surface area (Å²) >= 11 is 0.